The molecule has 0 saturated carbocycles. The van der Waals surface area contributed by atoms with E-state index >= 15 is 0 Å². The van der Waals surface area contributed by atoms with Gasteiger partial charge in [-0.25, -0.2) is 4.98 Å². The molecule has 7 heteroatoms. The molecule has 2 aromatic rings. The van der Waals surface area contributed by atoms with Gasteiger partial charge in [-0.05, 0) is 25.1 Å². The van der Waals surface area contributed by atoms with Gasteiger partial charge in [0, 0.05) is 17.0 Å². The van der Waals surface area contributed by atoms with Crippen molar-refractivity contribution in [3.05, 3.63) is 39.3 Å². The van der Waals surface area contributed by atoms with Gasteiger partial charge in [-0.2, -0.15) is 0 Å². The van der Waals surface area contributed by atoms with Crippen molar-refractivity contribution in [3.63, 3.8) is 0 Å². The fourth-order valence-corrected chi connectivity index (χ4v) is 2.65. The molecule has 0 fully saturated rings. The standard InChI is InChI=1S/C14H16ClN3O2S/c1-9-13(21-8-17-9)4-5-20-7-14(19)18-12-6-10(16)2-3-11(12)15/h2-3,6,8H,4-5,7,16H2,1H3,(H,18,19). The van der Waals surface area contributed by atoms with Gasteiger partial charge < -0.3 is 15.8 Å². The monoisotopic (exact) mass is 325 g/mol. The summed E-state index contributed by atoms with van der Waals surface area (Å²) in [5.74, 6) is -0.261. The number of amides is 1. The lowest BCUT2D eigenvalue weighted by Crippen LogP contribution is -2.19. The van der Waals surface area contributed by atoms with E-state index in [0.717, 1.165) is 12.1 Å². The van der Waals surface area contributed by atoms with Crippen molar-refractivity contribution in [3.8, 4) is 0 Å². The summed E-state index contributed by atoms with van der Waals surface area (Å²) in [6.45, 7) is 2.41. The molecule has 0 radical (unpaired) electrons. The minimum absolute atomic E-state index is 0.0248. The third-order valence-corrected chi connectivity index (χ3v) is 4.14. The van der Waals surface area contributed by atoms with Gasteiger partial charge in [0.2, 0.25) is 5.91 Å². The third kappa shape index (κ3) is 4.70. The first-order valence-corrected chi connectivity index (χ1v) is 7.63. The molecule has 0 unspecified atom stereocenters. The molecule has 1 heterocycles. The molecule has 0 atom stereocenters. The quantitative estimate of drug-likeness (QED) is 0.632. The highest BCUT2D eigenvalue weighted by Crippen LogP contribution is 2.23. The molecule has 0 spiro atoms. The van der Waals surface area contributed by atoms with Crippen LogP contribution in [0, 0.1) is 6.92 Å². The molecule has 0 aliphatic rings. The van der Waals surface area contributed by atoms with Crippen molar-refractivity contribution in [1.29, 1.82) is 0 Å². The molecule has 0 aliphatic carbocycles. The molecule has 0 saturated heterocycles. The highest BCUT2D eigenvalue weighted by molar-refractivity contribution is 7.09. The van der Waals surface area contributed by atoms with Crippen molar-refractivity contribution >= 4 is 40.2 Å². The summed E-state index contributed by atoms with van der Waals surface area (Å²) in [6.07, 6.45) is 0.753. The molecule has 2 rings (SSSR count). The van der Waals surface area contributed by atoms with Crippen LogP contribution in [0.4, 0.5) is 11.4 Å². The van der Waals surface area contributed by atoms with E-state index in [-0.39, 0.29) is 12.5 Å². The predicted molar refractivity (Wildman–Crippen MR) is 85.9 cm³/mol. The number of rotatable bonds is 6. The van der Waals surface area contributed by atoms with Crippen molar-refractivity contribution in [2.24, 2.45) is 0 Å². The number of ether oxygens (including phenoxy) is 1. The van der Waals surface area contributed by atoms with E-state index in [2.05, 4.69) is 10.3 Å². The minimum atomic E-state index is -0.261. The lowest BCUT2D eigenvalue weighted by molar-refractivity contribution is -0.120. The molecule has 0 aliphatic heterocycles. The number of hydrogen-bond acceptors (Lipinski definition) is 5. The maximum absolute atomic E-state index is 11.8. The SMILES string of the molecule is Cc1ncsc1CCOCC(=O)Nc1cc(N)ccc1Cl. The van der Waals surface area contributed by atoms with Crippen LogP contribution < -0.4 is 11.1 Å². The Kier molecular flexibility index (Phi) is 5.55. The fraction of sp³-hybridized carbons (Fsp3) is 0.286. The second-order valence-electron chi connectivity index (χ2n) is 4.45. The number of nitrogens with zero attached hydrogens (tertiary/aromatic N) is 1. The highest BCUT2D eigenvalue weighted by Gasteiger charge is 2.07. The van der Waals surface area contributed by atoms with E-state index in [1.165, 1.54) is 4.88 Å². The third-order valence-electron chi connectivity index (χ3n) is 2.82. The van der Waals surface area contributed by atoms with Gasteiger partial charge in [0.05, 0.1) is 28.5 Å². The number of aromatic nitrogens is 1. The van der Waals surface area contributed by atoms with Crippen molar-refractivity contribution in [2.75, 3.05) is 24.3 Å². The number of nitrogen functional groups attached to an aromatic ring is 1. The maximum Gasteiger partial charge on any atom is 0.250 e. The van der Waals surface area contributed by atoms with E-state index in [4.69, 9.17) is 22.1 Å². The van der Waals surface area contributed by atoms with Gasteiger partial charge >= 0.3 is 0 Å². The Morgan fingerprint density at radius 3 is 3.05 bits per heavy atom. The molecule has 5 nitrogen and oxygen atoms in total. The van der Waals surface area contributed by atoms with Gasteiger partial charge in [-0.15, -0.1) is 11.3 Å². The average Bonchev–Trinajstić information content (AvgIpc) is 2.84. The van der Waals surface area contributed by atoms with Crippen LogP contribution >= 0.6 is 22.9 Å². The van der Waals surface area contributed by atoms with E-state index in [1.807, 2.05) is 6.92 Å². The van der Waals surface area contributed by atoms with Crippen LogP contribution in [-0.2, 0) is 16.0 Å². The van der Waals surface area contributed by atoms with Gasteiger partial charge in [-0.1, -0.05) is 11.6 Å². The Labute approximate surface area is 132 Å². The zero-order valence-corrected chi connectivity index (χ0v) is 13.1. The largest absolute Gasteiger partial charge is 0.399 e. The predicted octanol–water partition coefficient (Wildman–Crippen LogP) is 2.88. The normalized spacial score (nSPS) is 10.6. The zero-order valence-electron chi connectivity index (χ0n) is 11.6. The summed E-state index contributed by atoms with van der Waals surface area (Å²) in [7, 11) is 0. The summed E-state index contributed by atoms with van der Waals surface area (Å²) in [5, 5.41) is 3.11. The molecule has 1 amide bonds. The Morgan fingerprint density at radius 2 is 2.33 bits per heavy atom. The van der Waals surface area contributed by atoms with Crippen molar-refractivity contribution < 1.29 is 9.53 Å². The minimum Gasteiger partial charge on any atom is -0.399 e. The number of aryl methyl sites for hydroxylation is 1. The number of nitrogens with one attached hydrogen (secondary N) is 1. The molecule has 1 aromatic carbocycles. The summed E-state index contributed by atoms with van der Waals surface area (Å²) in [5.41, 5.74) is 9.49. The van der Waals surface area contributed by atoms with Crippen LogP contribution in [0.5, 0.6) is 0 Å². The van der Waals surface area contributed by atoms with Crippen molar-refractivity contribution in [1.82, 2.24) is 4.98 Å². The number of anilines is 2. The van der Waals surface area contributed by atoms with Crippen LogP contribution in [0.15, 0.2) is 23.7 Å². The number of carbonyl (C=O) groups is 1. The van der Waals surface area contributed by atoms with E-state index in [1.54, 1.807) is 35.0 Å². The van der Waals surface area contributed by atoms with E-state index in [0.29, 0.717) is 23.0 Å². The average molecular weight is 326 g/mol. The van der Waals surface area contributed by atoms with Crippen LogP contribution in [-0.4, -0.2) is 24.1 Å². The first kappa shape index (κ1) is 15.8. The molecule has 1 aromatic heterocycles. The van der Waals surface area contributed by atoms with Crippen LogP contribution in [0.3, 0.4) is 0 Å². The first-order chi connectivity index (χ1) is 10.1. The molecule has 112 valence electrons. The molecule has 21 heavy (non-hydrogen) atoms. The smallest absolute Gasteiger partial charge is 0.250 e. The number of carbonyl (C=O) groups excluding carboxylic acids is 1. The van der Waals surface area contributed by atoms with Crippen molar-refractivity contribution in [2.45, 2.75) is 13.3 Å². The Bertz CT molecular complexity index is 630. The van der Waals surface area contributed by atoms with E-state index in [9.17, 15) is 4.79 Å². The zero-order chi connectivity index (χ0) is 15.2. The Balaban J connectivity index is 1.75. The number of halogens is 1. The number of thiazole rings is 1. The first-order valence-electron chi connectivity index (χ1n) is 6.38. The number of hydrogen-bond donors (Lipinski definition) is 2. The second-order valence-corrected chi connectivity index (χ2v) is 5.80. The lowest BCUT2D eigenvalue weighted by Gasteiger charge is -2.08. The van der Waals surface area contributed by atoms with Gasteiger partial charge in [0.25, 0.3) is 0 Å². The van der Waals surface area contributed by atoms with E-state index < -0.39 is 0 Å². The van der Waals surface area contributed by atoms with Crippen LogP contribution in [0.2, 0.25) is 5.02 Å². The maximum atomic E-state index is 11.8. The number of nitrogens with two attached hydrogens (primary N) is 1. The van der Waals surface area contributed by atoms with Crippen LogP contribution in [0.1, 0.15) is 10.6 Å². The molecular weight excluding hydrogens is 310 g/mol. The van der Waals surface area contributed by atoms with Gasteiger partial charge in [-0.3, -0.25) is 4.79 Å². The summed E-state index contributed by atoms with van der Waals surface area (Å²) < 4.78 is 5.36. The molecule has 0 bridgehead atoms. The fourth-order valence-electron chi connectivity index (χ4n) is 1.72. The van der Waals surface area contributed by atoms with Gasteiger partial charge in [0.15, 0.2) is 0 Å². The van der Waals surface area contributed by atoms with Crippen LogP contribution in [0.25, 0.3) is 0 Å². The van der Waals surface area contributed by atoms with Gasteiger partial charge in [0.1, 0.15) is 6.61 Å². The summed E-state index contributed by atoms with van der Waals surface area (Å²) >= 11 is 7.56. The highest BCUT2D eigenvalue weighted by atomic mass is 35.5. The topological polar surface area (TPSA) is 77.2 Å². The number of benzene rings is 1. The lowest BCUT2D eigenvalue weighted by atomic mass is 10.3. The second kappa shape index (κ2) is 7.40. The summed E-state index contributed by atoms with van der Waals surface area (Å²) in [4.78, 5) is 17.1. The Morgan fingerprint density at radius 1 is 1.52 bits per heavy atom. The molecular formula is C14H16ClN3O2S. The summed E-state index contributed by atoms with van der Waals surface area (Å²) in [6, 6.07) is 4.92. The Hall–Kier alpha value is -1.63. The molecule has 3 N–H and O–H groups in total.